The number of nitrogens with one attached hydrogen (secondary N) is 2. The van der Waals surface area contributed by atoms with E-state index >= 15 is 0 Å². The van der Waals surface area contributed by atoms with Crippen LogP contribution in [0.5, 0.6) is 0 Å². The van der Waals surface area contributed by atoms with Crippen LogP contribution in [0.3, 0.4) is 0 Å². The van der Waals surface area contributed by atoms with Gasteiger partial charge in [0.1, 0.15) is 0 Å². The molecule has 0 spiro atoms. The summed E-state index contributed by atoms with van der Waals surface area (Å²) in [6, 6.07) is 2.12. The zero-order valence-corrected chi connectivity index (χ0v) is 9.56. The molecule has 0 saturated heterocycles. The van der Waals surface area contributed by atoms with E-state index in [1.165, 1.54) is 24.8 Å². The Bertz CT molecular complexity index is 227. The molecule has 1 aromatic rings. The van der Waals surface area contributed by atoms with Gasteiger partial charge in [-0.3, -0.25) is 0 Å². The average Bonchev–Trinajstić information content (AvgIpc) is 2.74. The Morgan fingerprint density at radius 2 is 1.86 bits per heavy atom. The van der Waals surface area contributed by atoms with Crippen molar-refractivity contribution in [2.75, 3.05) is 0 Å². The third kappa shape index (κ3) is 2.61. The highest BCUT2D eigenvalue weighted by Gasteiger charge is 2.22. The third-order valence-electron chi connectivity index (χ3n) is 3.36. The van der Waals surface area contributed by atoms with E-state index in [1.54, 1.807) is 0 Å². The van der Waals surface area contributed by atoms with Crippen molar-refractivity contribution in [1.82, 2.24) is 10.3 Å². The zero-order chi connectivity index (χ0) is 10.4. The van der Waals surface area contributed by atoms with Gasteiger partial charge in [-0.15, -0.1) is 0 Å². The topological polar surface area (TPSA) is 27.8 Å². The standard InChI is InChI=1S/C12H22N2/c1-4-12(5-2,6-3)14-10-11-7-8-13-9-11/h7-9,13-14H,4-6,10H2,1-3H3. The molecule has 0 aromatic carbocycles. The fourth-order valence-electron chi connectivity index (χ4n) is 1.88. The van der Waals surface area contributed by atoms with Crippen molar-refractivity contribution in [3.05, 3.63) is 24.0 Å². The summed E-state index contributed by atoms with van der Waals surface area (Å²) in [4.78, 5) is 3.08. The Labute approximate surface area is 87.1 Å². The molecule has 0 atom stereocenters. The highest BCUT2D eigenvalue weighted by Crippen LogP contribution is 2.19. The van der Waals surface area contributed by atoms with E-state index in [0.717, 1.165) is 6.54 Å². The monoisotopic (exact) mass is 194 g/mol. The second-order valence-electron chi connectivity index (χ2n) is 3.91. The maximum Gasteiger partial charge on any atom is 0.0225 e. The average molecular weight is 194 g/mol. The second kappa shape index (κ2) is 5.20. The molecule has 0 bridgehead atoms. The highest BCUT2D eigenvalue weighted by atomic mass is 15.0. The van der Waals surface area contributed by atoms with Gasteiger partial charge in [-0.2, -0.15) is 0 Å². The van der Waals surface area contributed by atoms with E-state index in [-0.39, 0.29) is 0 Å². The van der Waals surface area contributed by atoms with Crippen molar-refractivity contribution in [3.63, 3.8) is 0 Å². The van der Waals surface area contributed by atoms with Gasteiger partial charge >= 0.3 is 0 Å². The van der Waals surface area contributed by atoms with Crippen LogP contribution in [0.4, 0.5) is 0 Å². The first-order valence-corrected chi connectivity index (χ1v) is 5.63. The number of hydrogen-bond donors (Lipinski definition) is 2. The molecule has 0 amide bonds. The molecular weight excluding hydrogens is 172 g/mol. The van der Waals surface area contributed by atoms with Crippen molar-refractivity contribution in [2.24, 2.45) is 0 Å². The van der Waals surface area contributed by atoms with Crippen LogP contribution >= 0.6 is 0 Å². The molecule has 0 saturated carbocycles. The molecule has 2 N–H and O–H groups in total. The molecule has 2 heteroatoms. The summed E-state index contributed by atoms with van der Waals surface area (Å²) in [6.45, 7) is 7.75. The molecular formula is C12H22N2. The van der Waals surface area contributed by atoms with Crippen LogP contribution in [0, 0.1) is 0 Å². The van der Waals surface area contributed by atoms with Crippen molar-refractivity contribution in [3.8, 4) is 0 Å². The van der Waals surface area contributed by atoms with E-state index in [4.69, 9.17) is 0 Å². The van der Waals surface area contributed by atoms with Gasteiger partial charge < -0.3 is 10.3 Å². The first-order chi connectivity index (χ1) is 6.76. The van der Waals surface area contributed by atoms with E-state index in [2.05, 4.69) is 43.3 Å². The fourth-order valence-corrected chi connectivity index (χ4v) is 1.88. The minimum Gasteiger partial charge on any atom is -0.367 e. The van der Waals surface area contributed by atoms with E-state index in [0.29, 0.717) is 5.54 Å². The summed E-state index contributed by atoms with van der Waals surface area (Å²) < 4.78 is 0. The van der Waals surface area contributed by atoms with Crippen LogP contribution in [-0.2, 0) is 6.54 Å². The molecule has 80 valence electrons. The summed E-state index contributed by atoms with van der Waals surface area (Å²) in [5.41, 5.74) is 1.67. The lowest BCUT2D eigenvalue weighted by Gasteiger charge is -2.31. The third-order valence-corrected chi connectivity index (χ3v) is 3.36. The van der Waals surface area contributed by atoms with Crippen LogP contribution < -0.4 is 5.32 Å². The Kier molecular flexibility index (Phi) is 4.21. The maximum absolute atomic E-state index is 3.66. The van der Waals surface area contributed by atoms with Crippen LogP contribution in [0.1, 0.15) is 45.6 Å². The van der Waals surface area contributed by atoms with Crippen LogP contribution in [0.2, 0.25) is 0 Å². The van der Waals surface area contributed by atoms with Gasteiger partial charge in [0.25, 0.3) is 0 Å². The lowest BCUT2D eigenvalue weighted by atomic mass is 9.89. The highest BCUT2D eigenvalue weighted by molar-refractivity contribution is 5.08. The van der Waals surface area contributed by atoms with E-state index in [1.807, 2.05) is 6.20 Å². The van der Waals surface area contributed by atoms with Gasteiger partial charge in [-0.25, -0.2) is 0 Å². The van der Waals surface area contributed by atoms with Gasteiger partial charge in [-0.05, 0) is 30.9 Å². The molecule has 0 aliphatic carbocycles. The molecule has 0 aliphatic heterocycles. The minimum absolute atomic E-state index is 0.331. The quantitative estimate of drug-likeness (QED) is 0.715. The van der Waals surface area contributed by atoms with Crippen LogP contribution in [0.25, 0.3) is 0 Å². The van der Waals surface area contributed by atoms with E-state index < -0.39 is 0 Å². The number of aromatic amines is 1. The van der Waals surface area contributed by atoms with Gasteiger partial charge in [0.15, 0.2) is 0 Å². The molecule has 0 aliphatic rings. The van der Waals surface area contributed by atoms with Gasteiger partial charge in [0, 0.05) is 24.5 Å². The predicted molar refractivity (Wildman–Crippen MR) is 61.2 cm³/mol. The minimum atomic E-state index is 0.331. The van der Waals surface area contributed by atoms with Gasteiger partial charge in [0.2, 0.25) is 0 Å². The molecule has 2 nitrogen and oxygen atoms in total. The van der Waals surface area contributed by atoms with Crippen molar-refractivity contribution in [2.45, 2.75) is 52.1 Å². The summed E-state index contributed by atoms with van der Waals surface area (Å²) >= 11 is 0. The normalized spacial score (nSPS) is 11.9. The maximum atomic E-state index is 3.66. The lowest BCUT2D eigenvalue weighted by molar-refractivity contribution is 0.288. The molecule has 1 heterocycles. The largest absolute Gasteiger partial charge is 0.367 e. The van der Waals surface area contributed by atoms with Crippen LogP contribution in [-0.4, -0.2) is 10.5 Å². The summed E-state index contributed by atoms with van der Waals surface area (Å²) in [6.07, 6.45) is 7.63. The zero-order valence-electron chi connectivity index (χ0n) is 9.56. The summed E-state index contributed by atoms with van der Waals surface area (Å²) in [5, 5.41) is 3.66. The summed E-state index contributed by atoms with van der Waals surface area (Å²) in [7, 11) is 0. The SMILES string of the molecule is CCC(CC)(CC)NCc1cc[nH]c1. The molecule has 0 fully saturated rings. The van der Waals surface area contributed by atoms with Crippen molar-refractivity contribution < 1.29 is 0 Å². The van der Waals surface area contributed by atoms with E-state index in [9.17, 15) is 0 Å². The Morgan fingerprint density at radius 1 is 1.21 bits per heavy atom. The van der Waals surface area contributed by atoms with Crippen LogP contribution in [0.15, 0.2) is 18.5 Å². The number of aromatic nitrogens is 1. The molecule has 1 aromatic heterocycles. The first-order valence-electron chi connectivity index (χ1n) is 5.63. The Morgan fingerprint density at radius 3 is 2.29 bits per heavy atom. The van der Waals surface area contributed by atoms with Crippen molar-refractivity contribution >= 4 is 0 Å². The molecule has 0 radical (unpaired) electrons. The lowest BCUT2D eigenvalue weighted by Crippen LogP contribution is -2.42. The molecule has 0 unspecified atom stereocenters. The Hall–Kier alpha value is -0.760. The van der Waals surface area contributed by atoms with Gasteiger partial charge in [0.05, 0.1) is 0 Å². The number of hydrogen-bond acceptors (Lipinski definition) is 1. The fraction of sp³-hybridized carbons (Fsp3) is 0.667. The first kappa shape index (κ1) is 11.3. The number of rotatable bonds is 6. The Balaban J connectivity index is 2.48. The summed E-state index contributed by atoms with van der Waals surface area (Å²) in [5.74, 6) is 0. The molecule has 1 rings (SSSR count). The molecule has 14 heavy (non-hydrogen) atoms. The predicted octanol–water partition coefficient (Wildman–Crippen LogP) is 3.07. The number of H-pyrrole nitrogens is 1. The smallest absolute Gasteiger partial charge is 0.0225 e. The van der Waals surface area contributed by atoms with Gasteiger partial charge in [-0.1, -0.05) is 20.8 Å². The second-order valence-corrected chi connectivity index (χ2v) is 3.91. The van der Waals surface area contributed by atoms with Crippen molar-refractivity contribution in [1.29, 1.82) is 0 Å².